The van der Waals surface area contributed by atoms with Crippen LogP contribution in [0.1, 0.15) is 35.4 Å². The Bertz CT molecular complexity index is 898. The number of nitrogens with one attached hydrogen (secondary N) is 1. The summed E-state index contributed by atoms with van der Waals surface area (Å²) < 4.78 is 1.41. The Hall–Kier alpha value is -2.66. The largest absolute Gasteiger partial charge is 0.343 e. The molecule has 0 aliphatic rings. The Morgan fingerprint density at radius 1 is 1.12 bits per heavy atom. The van der Waals surface area contributed by atoms with Gasteiger partial charge in [0.25, 0.3) is 5.56 Å². The van der Waals surface area contributed by atoms with Gasteiger partial charge < -0.3 is 9.88 Å². The van der Waals surface area contributed by atoms with Gasteiger partial charge in [0, 0.05) is 17.1 Å². The van der Waals surface area contributed by atoms with Crippen LogP contribution in [0.2, 0.25) is 0 Å². The molecule has 0 aliphatic carbocycles. The molecule has 1 amide bonds. The van der Waals surface area contributed by atoms with Crippen LogP contribution >= 0.6 is 11.3 Å². The maximum absolute atomic E-state index is 12.5. The third-order valence-electron chi connectivity index (χ3n) is 4.20. The van der Waals surface area contributed by atoms with Crippen molar-refractivity contribution in [2.75, 3.05) is 0 Å². The zero-order valence-corrected chi connectivity index (χ0v) is 15.5. The number of nitrogens with zero attached hydrogens (tertiary/aromatic N) is 1. The van der Waals surface area contributed by atoms with E-state index in [1.54, 1.807) is 29.7 Å². The summed E-state index contributed by atoms with van der Waals surface area (Å²) in [5, 5.41) is 5.08. The molecule has 0 aliphatic heterocycles. The van der Waals surface area contributed by atoms with E-state index in [-0.39, 0.29) is 24.1 Å². The summed E-state index contributed by atoms with van der Waals surface area (Å²) in [6.07, 6.45) is 3.78. The van der Waals surface area contributed by atoms with Crippen LogP contribution in [-0.2, 0) is 17.8 Å². The van der Waals surface area contributed by atoms with Gasteiger partial charge in [-0.25, -0.2) is 0 Å². The van der Waals surface area contributed by atoms with Crippen molar-refractivity contribution in [2.24, 2.45) is 0 Å². The van der Waals surface area contributed by atoms with E-state index in [2.05, 4.69) is 36.5 Å². The number of benzene rings is 1. The molecule has 3 rings (SSSR count). The monoisotopic (exact) mass is 366 g/mol. The molecule has 0 saturated heterocycles. The number of aromatic nitrogens is 1. The number of pyridine rings is 1. The smallest absolute Gasteiger partial charge is 0.250 e. The first kappa shape index (κ1) is 18.1. The normalized spacial score (nSPS) is 11.9. The van der Waals surface area contributed by atoms with Crippen LogP contribution in [0.15, 0.2) is 71.0 Å². The van der Waals surface area contributed by atoms with E-state index in [4.69, 9.17) is 0 Å². The molecule has 2 aromatic heterocycles. The molecule has 1 atom stereocenters. The molecule has 0 saturated carbocycles. The molecule has 1 aromatic carbocycles. The highest BCUT2D eigenvalue weighted by Crippen LogP contribution is 2.26. The zero-order chi connectivity index (χ0) is 18.4. The fourth-order valence-corrected chi connectivity index (χ4v) is 3.69. The molecule has 134 valence electrons. The number of rotatable bonds is 7. The number of aryl methyl sites for hydroxylation is 1. The predicted molar refractivity (Wildman–Crippen MR) is 105 cm³/mol. The Morgan fingerprint density at radius 3 is 2.58 bits per heavy atom. The van der Waals surface area contributed by atoms with Crippen LogP contribution in [0.4, 0.5) is 0 Å². The minimum absolute atomic E-state index is 0.00939. The lowest BCUT2D eigenvalue weighted by Crippen LogP contribution is -2.34. The molecule has 2 heterocycles. The number of hydrogen-bond acceptors (Lipinski definition) is 3. The maximum Gasteiger partial charge on any atom is 0.250 e. The van der Waals surface area contributed by atoms with Crippen molar-refractivity contribution >= 4 is 17.2 Å². The SMILES string of the molecule is CCCc1ccc(C(NC(=O)Cn2ccccc2=O)c2cccs2)cc1. The van der Waals surface area contributed by atoms with Gasteiger partial charge in [0.15, 0.2) is 0 Å². The lowest BCUT2D eigenvalue weighted by Gasteiger charge is -2.19. The standard InChI is InChI=1S/C21H22N2O2S/c1-2-6-16-9-11-17(12-10-16)21(18-7-5-14-26-18)22-19(24)15-23-13-4-3-8-20(23)25/h3-5,7-14,21H,2,6,15H2,1H3,(H,22,24). The van der Waals surface area contributed by atoms with Crippen LogP contribution in [0, 0.1) is 0 Å². The van der Waals surface area contributed by atoms with Crippen LogP contribution < -0.4 is 10.9 Å². The van der Waals surface area contributed by atoms with Crippen LogP contribution in [-0.4, -0.2) is 10.5 Å². The average Bonchev–Trinajstić information content (AvgIpc) is 3.17. The summed E-state index contributed by atoms with van der Waals surface area (Å²) in [6, 6.07) is 17.0. The molecule has 26 heavy (non-hydrogen) atoms. The van der Waals surface area contributed by atoms with Crippen molar-refractivity contribution in [3.05, 3.63) is 92.5 Å². The lowest BCUT2D eigenvalue weighted by atomic mass is 10.0. The Labute approximate surface area is 157 Å². The first-order valence-corrected chi connectivity index (χ1v) is 9.62. The summed E-state index contributed by atoms with van der Waals surface area (Å²) in [4.78, 5) is 25.4. The zero-order valence-electron chi connectivity index (χ0n) is 14.7. The second-order valence-electron chi connectivity index (χ2n) is 6.17. The van der Waals surface area contributed by atoms with Gasteiger partial charge in [-0.05, 0) is 35.1 Å². The van der Waals surface area contributed by atoms with Crippen molar-refractivity contribution in [1.82, 2.24) is 9.88 Å². The second-order valence-corrected chi connectivity index (χ2v) is 7.15. The number of carbonyl (C=O) groups is 1. The summed E-state index contributed by atoms with van der Waals surface area (Å²) in [5.74, 6) is -0.186. The van der Waals surface area contributed by atoms with Gasteiger partial charge >= 0.3 is 0 Å². The number of carbonyl (C=O) groups excluding carboxylic acids is 1. The van der Waals surface area contributed by atoms with Crippen molar-refractivity contribution in [3.8, 4) is 0 Å². The summed E-state index contributed by atoms with van der Waals surface area (Å²) in [6.45, 7) is 2.17. The van der Waals surface area contributed by atoms with Crippen LogP contribution in [0.25, 0.3) is 0 Å². The number of amides is 1. The molecule has 1 unspecified atom stereocenters. The van der Waals surface area contributed by atoms with Gasteiger partial charge in [0.2, 0.25) is 5.91 Å². The fourth-order valence-electron chi connectivity index (χ4n) is 2.89. The molecular weight excluding hydrogens is 344 g/mol. The van der Waals surface area contributed by atoms with Gasteiger partial charge in [0.1, 0.15) is 6.54 Å². The molecule has 0 radical (unpaired) electrons. The maximum atomic E-state index is 12.5. The first-order chi connectivity index (χ1) is 12.7. The first-order valence-electron chi connectivity index (χ1n) is 8.74. The van der Waals surface area contributed by atoms with E-state index in [1.165, 1.54) is 16.2 Å². The Kier molecular flexibility index (Phi) is 6.02. The molecule has 0 bridgehead atoms. The summed E-state index contributed by atoms with van der Waals surface area (Å²) in [7, 11) is 0. The van der Waals surface area contributed by atoms with Crippen molar-refractivity contribution < 1.29 is 4.79 Å². The second kappa shape index (κ2) is 8.63. The summed E-state index contributed by atoms with van der Waals surface area (Å²) >= 11 is 1.61. The third-order valence-corrected chi connectivity index (χ3v) is 5.13. The lowest BCUT2D eigenvalue weighted by molar-refractivity contribution is -0.122. The third kappa shape index (κ3) is 4.49. The minimum atomic E-state index is -0.211. The highest BCUT2D eigenvalue weighted by molar-refractivity contribution is 7.10. The van der Waals surface area contributed by atoms with Crippen molar-refractivity contribution in [1.29, 1.82) is 0 Å². The highest BCUT2D eigenvalue weighted by Gasteiger charge is 2.18. The molecule has 0 fully saturated rings. The molecule has 1 N–H and O–H groups in total. The molecule has 3 aromatic rings. The van der Waals surface area contributed by atoms with E-state index in [1.807, 2.05) is 17.5 Å². The van der Waals surface area contributed by atoms with Gasteiger partial charge in [-0.1, -0.05) is 49.7 Å². The molecule has 5 heteroatoms. The predicted octanol–water partition coefficient (Wildman–Crippen LogP) is 3.77. The van der Waals surface area contributed by atoms with Gasteiger partial charge in [-0.15, -0.1) is 11.3 Å². The van der Waals surface area contributed by atoms with E-state index in [0.29, 0.717) is 0 Å². The van der Waals surface area contributed by atoms with Crippen molar-refractivity contribution in [2.45, 2.75) is 32.4 Å². The quantitative estimate of drug-likeness (QED) is 0.692. The van der Waals surface area contributed by atoms with Crippen LogP contribution in [0.3, 0.4) is 0 Å². The fraction of sp³-hybridized carbons (Fsp3) is 0.238. The Balaban J connectivity index is 1.80. The van der Waals surface area contributed by atoms with Crippen LogP contribution in [0.5, 0.6) is 0 Å². The van der Waals surface area contributed by atoms with E-state index in [0.717, 1.165) is 23.3 Å². The number of thiophene rings is 1. The van der Waals surface area contributed by atoms with Gasteiger partial charge in [0.05, 0.1) is 6.04 Å². The minimum Gasteiger partial charge on any atom is -0.343 e. The molecular formula is C21H22N2O2S. The summed E-state index contributed by atoms with van der Waals surface area (Å²) in [5.41, 5.74) is 2.16. The van der Waals surface area contributed by atoms with Crippen molar-refractivity contribution in [3.63, 3.8) is 0 Å². The van der Waals surface area contributed by atoms with E-state index >= 15 is 0 Å². The van der Waals surface area contributed by atoms with E-state index < -0.39 is 0 Å². The Morgan fingerprint density at radius 2 is 1.92 bits per heavy atom. The molecule has 0 spiro atoms. The average molecular weight is 366 g/mol. The van der Waals surface area contributed by atoms with Gasteiger partial charge in [-0.3, -0.25) is 9.59 Å². The highest BCUT2D eigenvalue weighted by atomic mass is 32.1. The topological polar surface area (TPSA) is 51.1 Å². The molecule has 4 nitrogen and oxygen atoms in total. The van der Waals surface area contributed by atoms with E-state index in [9.17, 15) is 9.59 Å². The van der Waals surface area contributed by atoms with Gasteiger partial charge in [-0.2, -0.15) is 0 Å². The number of hydrogen-bond donors (Lipinski definition) is 1.